The standard InChI is InChI=1S/C13H17BrN6O/c1-19(2)12-4-3-9(14)7-10(12)16-13(21)11-8-20(6-5-15)18-17-11/h3-4,7-8H,5-6,15H2,1-2H3,(H,16,21). The molecule has 112 valence electrons. The van der Waals surface area contributed by atoms with Gasteiger partial charge in [0.15, 0.2) is 5.69 Å². The molecule has 0 saturated carbocycles. The summed E-state index contributed by atoms with van der Waals surface area (Å²) < 4.78 is 2.43. The number of hydrogen-bond donors (Lipinski definition) is 2. The summed E-state index contributed by atoms with van der Waals surface area (Å²) in [6, 6.07) is 5.69. The predicted octanol–water partition coefficient (Wildman–Crippen LogP) is 1.32. The van der Waals surface area contributed by atoms with Crippen molar-refractivity contribution in [1.82, 2.24) is 15.0 Å². The summed E-state index contributed by atoms with van der Waals surface area (Å²) >= 11 is 3.40. The van der Waals surface area contributed by atoms with Crippen LogP contribution in [0.25, 0.3) is 0 Å². The summed E-state index contributed by atoms with van der Waals surface area (Å²) in [5, 5.41) is 10.5. The minimum absolute atomic E-state index is 0.258. The van der Waals surface area contributed by atoms with Gasteiger partial charge in [-0.05, 0) is 18.2 Å². The van der Waals surface area contributed by atoms with Gasteiger partial charge >= 0.3 is 0 Å². The van der Waals surface area contributed by atoms with E-state index in [1.807, 2.05) is 37.2 Å². The van der Waals surface area contributed by atoms with Gasteiger partial charge in [0.25, 0.3) is 5.91 Å². The molecule has 0 atom stereocenters. The fourth-order valence-electron chi connectivity index (χ4n) is 1.83. The van der Waals surface area contributed by atoms with Crippen molar-refractivity contribution in [3.8, 4) is 0 Å². The fraction of sp³-hybridized carbons (Fsp3) is 0.308. The Kier molecular flexibility index (Phi) is 4.92. The average molecular weight is 353 g/mol. The summed E-state index contributed by atoms with van der Waals surface area (Å²) in [6.07, 6.45) is 1.58. The van der Waals surface area contributed by atoms with E-state index in [1.165, 1.54) is 0 Å². The van der Waals surface area contributed by atoms with Crippen molar-refractivity contribution in [3.05, 3.63) is 34.6 Å². The number of carbonyl (C=O) groups excluding carboxylic acids is 1. The Morgan fingerprint density at radius 3 is 2.90 bits per heavy atom. The molecule has 0 bridgehead atoms. The molecule has 0 aliphatic heterocycles. The highest BCUT2D eigenvalue weighted by Crippen LogP contribution is 2.28. The van der Waals surface area contributed by atoms with E-state index >= 15 is 0 Å². The minimum atomic E-state index is -0.306. The van der Waals surface area contributed by atoms with Gasteiger partial charge in [0.2, 0.25) is 0 Å². The summed E-state index contributed by atoms with van der Waals surface area (Å²) in [5.41, 5.74) is 7.30. The monoisotopic (exact) mass is 352 g/mol. The van der Waals surface area contributed by atoms with Crippen LogP contribution in [-0.2, 0) is 6.54 Å². The quantitative estimate of drug-likeness (QED) is 0.846. The van der Waals surface area contributed by atoms with Crippen LogP contribution in [-0.4, -0.2) is 41.5 Å². The number of benzene rings is 1. The molecule has 3 N–H and O–H groups in total. The number of rotatable bonds is 5. The summed E-state index contributed by atoms with van der Waals surface area (Å²) in [6.45, 7) is 0.973. The molecule has 21 heavy (non-hydrogen) atoms. The summed E-state index contributed by atoms with van der Waals surface area (Å²) in [7, 11) is 3.83. The lowest BCUT2D eigenvalue weighted by atomic mass is 10.2. The molecule has 0 unspecified atom stereocenters. The zero-order valence-electron chi connectivity index (χ0n) is 11.9. The molecular formula is C13H17BrN6O. The Labute approximate surface area is 131 Å². The maximum absolute atomic E-state index is 12.2. The third-order valence-electron chi connectivity index (χ3n) is 2.82. The van der Waals surface area contributed by atoms with Gasteiger partial charge in [-0.15, -0.1) is 5.10 Å². The molecule has 0 saturated heterocycles. The van der Waals surface area contributed by atoms with Crippen LogP contribution in [0.3, 0.4) is 0 Å². The number of halogens is 1. The maximum Gasteiger partial charge on any atom is 0.277 e. The SMILES string of the molecule is CN(C)c1ccc(Br)cc1NC(=O)c1cn(CCN)nn1. The van der Waals surface area contributed by atoms with Gasteiger partial charge in [-0.1, -0.05) is 21.1 Å². The topological polar surface area (TPSA) is 89.1 Å². The third-order valence-corrected chi connectivity index (χ3v) is 3.31. The van der Waals surface area contributed by atoms with Crippen LogP contribution in [0.5, 0.6) is 0 Å². The number of amides is 1. The number of hydrogen-bond acceptors (Lipinski definition) is 5. The lowest BCUT2D eigenvalue weighted by Crippen LogP contribution is -2.17. The average Bonchev–Trinajstić information content (AvgIpc) is 2.87. The molecule has 1 heterocycles. The second kappa shape index (κ2) is 6.68. The van der Waals surface area contributed by atoms with E-state index in [9.17, 15) is 4.79 Å². The Hall–Kier alpha value is -1.93. The molecule has 1 aromatic carbocycles. The van der Waals surface area contributed by atoms with E-state index in [2.05, 4.69) is 31.6 Å². The van der Waals surface area contributed by atoms with Gasteiger partial charge in [-0.3, -0.25) is 9.48 Å². The van der Waals surface area contributed by atoms with Crippen LogP contribution < -0.4 is 16.0 Å². The Morgan fingerprint density at radius 1 is 1.48 bits per heavy atom. The molecule has 7 nitrogen and oxygen atoms in total. The zero-order valence-corrected chi connectivity index (χ0v) is 13.5. The van der Waals surface area contributed by atoms with Crippen LogP contribution in [0, 0.1) is 0 Å². The molecule has 0 aliphatic carbocycles. The van der Waals surface area contributed by atoms with Crippen LogP contribution in [0.2, 0.25) is 0 Å². The second-order valence-electron chi connectivity index (χ2n) is 4.67. The first-order valence-corrected chi connectivity index (χ1v) is 7.19. The first-order valence-electron chi connectivity index (χ1n) is 6.39. The molecule has 0 radical (unpaired) electrons. The predicted molar refractivity (Wildman–Crippen MR) is 85.5 cm³/mol. The fourth-order valence-corrected chi connectivity index (χ4v) is 2.19. The number of nitrogens with zero attached hydrogens (tertiary/aromatic N) is 4. The van der Waals surface area contributed by atoms with Crippen LogP contribution >= 0.6 is 15.9 Å². The van der Waals surface area contributed by atoms with Crippen LogP contribution in [0.1, 0.15) is 10.5 Å². The maximum atomic E-state index is 12.2. The van der Waals surface area contributed by atoms with Crippen LogP contribution in [0.15, 0.2) is 28.9 Å². The van der Waals surface area contributed by atoms with E-state index in [0.717, 1.165) is 10.2 Å². The summed E-state index contributed by atoms with van der Waals surface area (Å²) in [5.74, 6) is -0.306. The normalized spacial score (nSPS) is 10.5. The molecule has 8 heteroatoms. The number of carbonyl (C=O) groups is 1. The highest BCUT2D eigenvalue weighted by Gasteiger charge is 2.14. The number of nitrogens with one attached hydrogen (secondary N) is 1. The number of nitrogens with two attached hydrogens (primary N) is 1. The van der Waals surface area contributed by atoms with E-state index in [1.54, 1.807) is 10.9 Å². The van der Waals surface area contributed by atoms with Crippen molar-refractivity contribution in [3.63, 3.8) is 0 Å². The lowest BCUT2D eigenvalue weighted by molar-refractivity contribution is 0.102. The largest absolute Gasteiger partial charge is 0.376 e. The highest BCUT2D eigenvalue weighted by molar-refractivity contribution is 9.10. The molecular weight excluding hydrogens is 336 g/mol. The van der Waals surface area contributed by atoms with Gasteiger partial charge in [0, 0.05) is 25.1 Å². The lowest BCUT2D eigenvalue weighted by Gasteiger charge is -2.17. The van der Waals surface area contributed by atoms with Gasteiger partial charge in [0.05, 0.1) is 24.1 Å². The molecule has 1 aromatic heterocycles. The first kappa shape index (κ1) is 15.5. The molecule has 0 aliphatic rings. The zero-order chi connectivity index (χ0) is 15.4. The molecule has 0 fully saturated rings. The van der Waals surface area contributed by atoms with Crippen molar-refractivity contribution in [1.29, 1.82) is 0 Å². The molecule has 2 aromatic rings. The van der Waals surface area contributed by atoms with Gasteiger partial charge in [0.1, 0.15) is 0 Å². The highest BCUT2D eigenvalue weighted by atomic mass is 79.9. The summed E-state index contributed by atoms with van der Waals surface area (Å²) in [4.78, 5) is 14.1. The third kappa shape index (κ3) is 3.79. The van der Waals surface area contributed by atoms with Crippen molar-refractivity contribution in [2.45, 2.75) is 6.54 Å². The van der Waals surface area contributed by atoms with E-state index in [0.29, 0.717) is 18.8 Å². The van der Waals surface area contributed by atoms with Crippen molar-refractivity contribution >= 4 is 33.2 Å². The minimum Gasteiger partial charge on any atom is -0.376 e. The van der Waals surface area contributed by atoms with Crippen LogP contribution in [0.4, 0.5) is 11.4 Å². The van der Waals surface area contributed by atoms with Gasteiger partial charge in [-0.25, -0.2) is 0 Å². The molecule has 1 amide bonds. The van der Waals surface area contributed by atoms with E-state index < -0.39 is 0 Å². The number of anilines is 2. The van der Waals surface area contributed by atoms with Gasteiger partial charge in [-0.2, -0.15) is 0 Å². The smallest absolute Gasteiger partial charge is 0.277 e. The van der Waals surface area contributed by atoms with Crippen molar-refractivity contribution in [2.75, 3.05) is 30.9 Å². The second-order valence-corrected chi connectivity index (χ2v) is 5.58. The van der Waals surface area contributed by atoms with Crippen molar-refractivity contribution in [2.24, 2.45) is 5.73 Å². The first-order chi connectivity index (χ1) is 10.0. The Bertz CT molecular complexity index is 639. The molecule has 0 spiro atoms. The van der Waals surface area contributed by atoms with E-state index in [-0.39, 0.29) is 11.6 Å². The molecule has 2 rings (SSSR count). The van der Waals surface area contributed by atoms with Gasteiger partial charge < -0.3 is 16.0 Å². The van der Waals surface area contributed by atoms with Crippen molar-refractivity contribution < 1.29 is 4.79 Å². The number of aromatic nitrogens is 3. The Morgan fingerprint density at radius 2 is 2.24 bits per heavy atom. The van der Waals surface area contributed by atoms with E-state index in [4.69, 9.17) is 5.73 Å². The Balaban J connectivity index is 2.20.